The molecule has 0 saturated carbocycles. The maximum atomic E-state index is 11.7. The van der Waals surface area contributed by atoms with Crippen molar-refractivity contribution >= 4 is 28.8 Å². The van der Waals surface area contributed by atoms with Crippen LogP contribution < -0.4 is 10.6 Å². The number of rotatable bonds is 3. The summed E-state index contributed by atoms with van der Waals surface area (Å²) in [5, 5.41) is 15.1. The van der Waals surface area contributed by atoms with Gasteiger partial charge in [0.05, 0.1) is 30.8 Å². The lowest BCUT2D eigenvalue weighted by atomic mass is 10.0. The fourth-order valence-corrected chi connectivity index (χ4v) is 3.21. The summed E-state index contributed by atoms with van der Waals surface area (Å²) in [5.41, 5.74) is 5.14. The van der Waals surface area contributed by atoms with Crippen molar-refractivity contribution in [3.63, 3.8) is 0 Å². The van der Waals surface area contributed by atoms with E-state index in [2.05, 4.69) is 30.8 Å². The molecule has 1 aliphatic heterocycles. The normalized spacial score (nSPS) is 13.4. The second kappa shape index (κ2) is 5.90. The molecule has 1 aromatic carbocycles. The SMILES string of the molecule is Cn1cc(-c2cncc3nc(Nc4ccc5c(c4)CC(=O)CN5)nn23)cn1. The molecular formula is C18H16N8O. The second-order valence-electron chi connectivity index (χ2n) is 6.47. The van der Waals surface area contributed by atoms with Gasteiger partial charge in [-0.3, -0.25) is 14.5 Å². The zero-order chi connectivity index (χ0) is 18.4. The topological polar surface area (TPSA) is 102 Å². The third kappa shape index (κ3) is 2.78. The molecule has 4 aromatic rings. The second-order valence-corrected chi connectivity index (χ2v) is 6.47. The van der Waals surface area contributed by atoms with E-state index in [0.29, 0.717) is 24.6 Å². The molecule has 4 heterocycles. The van der Waals surface area contributed by atoms with E-state index in [1.165, 1.54) is 0 Å². The van der Waals surface area contributed by atoms with Gasteiger partial charge in [-0.15, -0.1) is 5.10 Å². The zero-order valence-electron chi connectivity index (χ0n) is 14.5. The van der Waals surface area contributed by atoms with Crippen LogP contribution in [-0.2, 0) is 18.3 Å². The van der Waals surface area contributed by atoms with Crippen molar-refractivity contribution in [1.82, 2.24) is 29.4 Å². The van der Waals surface area contributed by atoms with Gasteiger partial charge in [-0.25, -0.2) is 4.52 Å². The third-order valence-electron chi connectivity index (χ3n) is 4.47. The highest BCUT2D eigenvalue weighted by molar-refractivity contribution is 5.90. The molecule has 2 N–H and O–H groups in total. The van der Waals surface area contributed by atoms with Crippen molar-refractivity contribution in [2.45, 2.75) is 6.42 Å². The molecule has 0 saturated heterocycles. The standard InChI is InChI=1S/C18H16N8O/c1-25-10-12(6-21-25)16-8-19-9-17-23-18(24-26(16)17)22-13-2-3-15-11(4-13)5-14(27)7-20-15/h2-4,6,8-10,20H,5,7H2,1H3,(H,22,24). The van der Waals surface area contributed by atoms with Crippen molar-refractivity contribution in [2.75, 3.05) is 17.2 Å². The number of Topliss-reactive ketones (excluding diaryl/α,β-unsaturated/α-hetero) is 1. The minimum Gasteiger partial charge on any atom is -0.378 e. The number of hydrogen-bond donors (Lipinski definition) is 2. The highest BCUT2D eigenvalue weighted by Crippen LogP contribution is 2.26. The Bertz CT molecular complexity index is 1180. The minimum atomic E-state index is 0.178. The molecule has 0 atom stereocenters. The number of hydrogen-bond acceptors (Lipinski definition) is 7. The van der Waals surface area contributed by atoms with Crippen LogP contribution in [0.3, 0.4) is 0 Å². The van der Waals surface area contributed by atoms with Gasteiger partial charge < -0.3 is 10.6 Å². The van der Waals surface area contributed by atoms with Crippen molar-refractivity contribution < 1.29 is 4.79 Å². The van der Waals surface area contributed by atoms with Crippen molar-refractivity contribution in [3.05, 3.63) is 48.5 Å². The molecule has 0 aliphatic carbocycles. The van der Waals surface area contributed by atoms with E-state index in [4.69, 9.17) is 0 Å². The molecule has 0 unspecified atom stereocenters. The average molecular weight is 360 g/mol. The molecule has 9 nitrogen and oxygen atoms in total. The van der Waals surface area contributed by atoms with Crippen molar-refractivity contribution in [2.24, 2.45) is 7.05 Å². The summed E-state index contributed by atoms with van der Waals surface area (Å²) < 4.78 is 3.46. The molecule has 5 rings (SSSR count). The number of aryl methyl sites for hydroxylation is 1. The zero-order valence-corrected chi connectivity index (χ0v) is 14.5. The Balaban J connectivity index is 1.49. The molecule has 0 spiro atoms. The van der Waals surface area contributed by atoms with E-state index in [-0.39, 0.29) is 5.78 Å². The molecule has 3 aromatic heterocycles. The summed E-state index contributed by atoms with van der Waals surface area (Å²) in [6.45, 7) is 0.387. The van der Waals surface area contributed by atoms with Gasteiger partial charge in [-0.1, -0.05) is 0 Å². The van der Waals surface area contributed by atoms with Crippen LogP contribution in [0.15, 0.2) is 43.0 Å². The maximum absolute atomic E-state index is 11.7. The van der Waals surface area contributed by atoms with Crippen LogP contribution >= 0.6 is 0 Å². The van der Waals surface area contributed by atoms with Crippen LogP contribution in [0.5, 0.6) is 0 Å². The van der Waals surface area contributed by atoms with Gasteiger partial charge >= 0.3 is 0 Å². The van der Waals surface area contributed by atoms with Gasteiger partial charge in [0.2, 0.25) is 5.95 Å². The fourth-order valence-electron chi connectivity index (χ4n) is 3.21. The number of anilines is 3. The summed E-state index contributed by atoms with van der Waals surface area (Å²) >= 11 is 0. The van der Waals surface area contributed by atoms with Crippen LogP contribution in [0.25, 0.3) is 16.9 Å². The highest BCUT2D eigenvalue weighted by Gasteiger charge is 2.16. The number of carbonyl (C=O) groups excluding carboxylic acids is 1. The third-order valence-corrected chi connectivity index (χ3v) is 4.47. The van der Waals surface area contributed by atoms with E-state index in [9.17, 15) is 4.79 Å². The number of fused-ring (bicyclic) bond motifs is 2. The number of nitrogens with zero attached hydrogens (tertiary/aromatic N) is 6. The average Bonchev–Trinajstić information content (AvgIpc) is 3.26. The molecule has 0 radical (unpaired) electrons. The summed E-state index contributed by atoms with van der Waals surface area (Å²) in [7, 11) is 1.86. The van der Waals surface area contributed by atoms with Gasteiger partial charge in [0.25, 0.3) is 0 Å². The number of nitrogens with one attached hydrogen (secondary N) is 2. The van der Waals surface area contributed by atoms with Gasteiger partial charge in [0.15, 0.2) is 11.4 Å². The first-order valence-electron chi connectivity index (χ1n) is 8.51. The first-order chi connectivity index (χ1) is 13.2. The number of ketones is 1. The van der Waals surface area contributed by atoms with E-state index < -0.39 is 0 Å². The Morgan fingerprint density at radius 1 is 1.22 bits per heavy atom. The quantitative estimate of drug-likeness (QED) is 0.574. The van der Waals surface area contributed by atoms with Gasteiger partial charge in [-0.2, -0.15) is 10.1 Å². The molecule has 27 heavy (non-hydrogen) atoms. The van der Waals surface area contributed by atoms with E-state index in [1.54, 1.807) is 27.8 Å². The smallest absolute Gasteiger partial charge is 0.247 e. The van der Waals surface area contributed by atoms with Crippen LogP contribution in [0.1, 0.15) is 5.56 Å². The summed E-state index contributed by atoms with van der Waals surface area (Å²) in [6.07, 6.45) is 7.50. The summed E-state index contributed by atoms with van der Waals surface area (Å²) in [4.78, 5) is 20.4. The molecule has 134 valence electrons. The number of aromatic nitrogens is 6. The van der Waals surface area contributed by atoms with Crippen molar-refractivity contribution in [1.29, 1.82) is 0 Å². The maximum Gasteiger partial charge on any atom is 0.247 e. The monoisotopic (exact) mass is 360 g/mol. The molecule has 0 amide bonds. The first kappa shape index (κ1) is 15.5. The molecule has 0 fully saturated rings. The summed E-state index contributed by atoms with van der Waals surface area (Å²) in [6, 6.07) is 5.85. The largest absolute Gasteiger partial charge is 0.378 e. The lowest BCUT2D eigenvalue weighted by Gasteiger charge is -2.17. The van der Waals surface area contributed by atoms with E-state index in [0.717, 1.165) is 28.2 Å². The summed E-state index contributed by atoms with van der Waals surface area (Å²) in [5.74, 6) is 0.640. The first-order valence-corrected chi connectivity index (χ1v) is 8.51. The predicted octanol–water partition coefficient (Wildman–Crippen LogP) is 1.81. The Labute approximate surface area is 154 Å². The Kier molecular flexibility index (Phi) is 3.39. The fraction of sp³-hybridized carbons (Fsp3) is 0.167. The Hall–Kier alpha value is -3.75. The number of carbonyl (C=O) groups is 1. The van der Waals surface area contributed by atoms with Crippen LogP contribution in [-0.4, -0.2) is 41.7 Å². The van der Waals surface area contributed by atoms with Crippen LogP contribution in [0.2, 0.25) is 0 Å². The van der Waals surface area contributed by atoms with E-state index in [1.807, 2.05) is 31.4 Å². The van der Waals surface area contributed by atoms with Gasteiger partial charge in [0.1, 0.15) is 0 Å². The molecule has 9 heteroatoms. The lowest BCUT2D eigenvalue weighted by molar-refractivity contribution is -0.117. The van der Waals surface area contributed by atoms with Gasteiger partial charge in [0, 0.05) is 36.6 Å². The van der Waals surface area contributed by atoms with Gasteiger partial charge in [-0.05, 0) is 23.8 Å². The van der Waals surface area contributed by atoms with Crippen LogP contribution in [0, 0.1) is 0 Å². The Morgan fingerprint density at radius 3 is 3.00 bits per heavy atom. The van der Waals surface area contributed by atoms with Crippen LogP contribution in [0.4, 0.5) is 17.3 Å². The molecular weight excluding hydrogens is 344 g/mol. The minimum absolute atomic E-state index is 0.178. The number of benzene rings is 1. The molecule has 0 bridgehead atoms. The predicted molar refractivity (Wildman–Crippen MR) is 99.9 cm³/mol. The molecule has 1 aliphatic rings. The highest BCUT2D eigenvalue weighted by atomic mass is 16.1. The van der Waals surface area contributed by atoms with Crippen molar-refractivity contribution in [3.8, 4) is 11.3 Å². The van der Waals surface area contributed by atoms with E-state index >= 15 is 0 Å². The lowest BCUT2D eigenvalue weighted by Crippen LogP contribution is -2.22. The Morgan fingerprint density at radius 2 is 2.15 bits per heavy atom.